The van der Waals surface area contributed by atoms with Crippen LogP contribution in [0, 0.1) is 11.3 Å². The normalized spacial score (nSPS) is 14.4. The van der Waals surface area contributed by atoms with Gasteiger partial charge in [0.15, 0.2) is 0 Å². The van der Waals surface area contributed by atoms with Crippen LogP contribution in [-0.2, 0) is 18.3 Å². The Morgan fingerprint density at radius 1 is 1.55 bits per heavy atom. The third-order valence-electron chi connectivity index (χ3n) is 3.80. The molecule has 0 saturated heterocycles. The highest BCUT2D eigenvalue weighted by Gasteiger charge is 2.38. The molecule has 7 nitrogen and oxygen atoms in total. The van der Waals surface area contributed by atoms with E-state index in [9.17, 15) is 9.90 Å². The molecule has 0 spiro atoms. The second-order valence-corrected chi connectivity index (χ2v) is 5.46. The van der Waals surface area contributed by atoms with Crippen LogP contribution in [0.25, 0.3) is 11.5 Å². The van der Waals surface area contributed by atoms with E-state index >= 15 is 0 Å². The summed E-state index contributed by atoms with van der Waals surface area (Å²) >= 11 is 0. The first-order valence-electron chi connectivity index (χ1n) is 6.37. The van der Waals surface area contributed by atoms with E-state index in [2.05, 4.69) is 15.1 Å². The molecule has 0 aliphatic heterocycles. The number of hydrogen-bond donors (Lipinski definition) is 1. The zero-order valence-electron chi connectivity index (χ0n) is 12.0. The molecule has 0 radical (unpaired) electrons. The van der Waals surface area contributed by atoms with Crippen LogP contribution in [0.1, 0.15) is 26.7 Å². The molecule has 7 heteroatoms. The van der Waals surface area contributed by atoms with Gasteiger partial charge in [-0.1, -0.05) is 19.0 Å². The molecule has 0 amide bonds. The summed E-state index contributed by atoms with van der Waals surface area (Å²) in [5.74, 6) is -0.184. The molecule has 1 unspecified atom stereocenters. The lowest BCUT2D eigenvalue weighted by Crippen LogP contribution is -2.35. The minimum Gasteiger partial charge on any atom is -0.481 e. The van der Waals surface area contributed by atoms with Crippen LogP contribution in [-0.4, -0.2) is 30.8 Å². The number of aromatic nitrogens is 4. The Kier molecular flexibility index (Phi) is 3.61. The largest absolute Gasteiger partial charge is 0.481 e. The second kappa shape index (κ2) is 5.07. The maximum absolute atomic E-state index is 11.5. The average molecular weight is 278 g/mol. The van der Waals surface area contributed by atoms with Gasteiger partial charge in [-0.05, 0) is 12.8 Å². The van der Waals surface area contributed by atoms with Crippen molar-refractivity contribution in [3.63, 3.8) is 0 Å². The van der Waals surface area contributed by atoms with E-state index in [-0.39, 0.29) is 12.3 Å². The van der Waals surface area contributed by atoms with Gasteiger partial charge in [-0.25, -0.2) is 4.98 Å². The fourth-order valence-corrected chi connectivity index (χ4v) is 1.84. The molecule has 0 fully saturated rings. The quantitative estimate of drug-likeness (QED) is 0.895. The summed E-state index contributed by atoms with van der Waals surface area (Å²) in [5.41, 5.74) is -0.211. The first-order chi connectivity index (χ1) is 9.34. The molecule has 1 N–H and O–H groups in total. The van der Waals surface area contributed by atoms with Gasteiger partial charge in [0, 0.05) is 13.5 Å². The third kappa shape index (κ3) is 2.43. The van der Waals surface area contributed by atoms with Crippen LogP contribution < -0.4 is 0 Å². The van der Waals surface area contributed by atoms with Crippen molar-refractivity contribution in [3.8, 4) is 11.5 Å². The monoisotopic (exact) mass is 278 g/mol. The van der Waals surface area contributed by atoms with Gasteiger partial charge in [-0.15, -0.1) is 0 Å². The minimum atomic E-state index is -0.934. The molecule has 108 valence electrons. The highest BCUT2D eigenvalue weighted by molar-refractivity contribution is 5.74. The van der Waals surface area contributed by atoms with Crippen molar-refractivity contribution in [1.29, 1.82) is 0 Å². The fraction of sp³-hybridized carbons (Fsp3) is 0.538. The highest BCUT2D eigenvalue weighted by Crippen LogP contribution is 2.31. The molecular formula is C13H18N4O3. The second-order valence-electron chi connectivity index (χ2n) is 5.46. The summed E-state index contributed by atoms with van der Waals surface area (Å²) in [6.45, 7) is 5.42. The van der Waals surface area contributed by atoms with E-state index in [1.54, 1.807) is 24.0 Å². The minimum absolute atomic E-state index is 0.0490. The summed E-state index contributed by atoms with van der Waals surface area (Å²) in [4.78, 5) is 19.7. The molecule has 0 bridgehead atoms. The van der Waals surface area contributed by atoms with Gasteiger partial charge in [0.05, 0.1) is 17.9 Å². The Labute approximate surface area is 116 Å². The van der Waals surface area contributed by atoms with Crippen LogP contribution in [0.4, 0.5) is 0 Å². The van der Waals surface area contributed by atoms with Crippen molar-refractivity contribution in [1.82, 2.24) is 19.7 Å². The number of carboxylic acids is 1. The van der Waals surface area contributed by atoms with Crippen molar-refractivity contribution in [3.05, 3.63) is 18.4 Å². The van der Waals surface area contributed by atoms with Gasteiger partial charge in [-0.2, -0.15) is 4.98 Å². The number of rotatable bonds is 5. The van der Waals surface area contributed by atoms with Crippen LogP contribution in [0.3, 0.4) is 0 Å². The van der Waals surface area contributed by atoms with Crippen molar-refractivity contribution < 1.29 is 14.4 Å². The smallest absolute Gasteiger partial charge is 0.310 e. The Morgan fingerprint density at radius 3 is 2.75 bits per heavy atom. The molecule has 2 heterocycles. The molecule has 0 aromatic carbocycles. The van der Waals surface area contributed by atoms with Crippen molar-refractivity contribution in [2.45, 2.75) is 27.2 Å². The average Bonchev–Trinajstić information content (AvgIpc) is 2.97. The SMILES string of the molecule is CC(C)C(C)(Cc1nc(-c2cncn2C)no1)C(=O)O. The molecule has 0 aliphatic carbocycles. The van der Waals surface area contributed by atoms with Crippen molar-refractivity contribution in [2.75, 3.05) is 0 Å². The fourth-order valence-electron chi connectivity index (χ4n) is 1.84. The zero-order valence-corrected chi connectivity index (χ0v) is 12.0. The van der Waals surface area contributed by atoms with E-state index in [1.807, 2.05) is 20.9 Å². The molecule has 2 aromatic rings. The lowest BCUT2D eigenvalue weighted by Gasteiger charge is -2.27. The lowest BCUT2D eigenvalue weighted by atomic mass is 9.76. The van der Waals surface area contributed by atoms with Crippen LogP contribution in [0.5, 0.6) is 0 Å². The predicted molar refractivity (Wildman–Crippen MR) is 70.8 cm³/mol. The summed E-state index contributed by atoms with van der Waals surface area (Å²) in [6.07, 6.45) is 3.47. The van der Waals surface area contributed by atoms with Crippen LogP contribution >= 0.6 is 0 Å². The molecule has 0 aliphatic rings. The molecule has 20 heavy (non-hydrogen) atoms. The molecule has 2 aromatic heterocycles. The number of carbonyl (C=O) groups is 1. The van der Waals surface area contributed by atoms with E-state index < -0.39 is 11.4 Å². The first kappa shape index (κ1) is 14.2. The number of hydrogen-bond acceptors (Lipinski definition) is 5. The number of nitrogens with zero attached hydrogens (tertiary/aromatic N) is 4. The lowest BCUT2D eigenvalue weighted by molar-refractivity contribution is -0.150. The Balaban J connectivity index is 2.26. The molecule has 1 atom stereocenters. The van der Waals surface area contributed by atoms with Crippen molar-refractivity contribution >= 4 is 5.97 Å². The van der Waals surface area contributed by atoms with Gasteiger partial charge in [-0.3, -0.25) is 4.79 Å². The number of carboxylic acid groups (broad SMARTS) is 1. The Hall–Kier alpha value is -2.18. The zero-order chi connectivity index (χ0) is 14.9. The number of aliphatic carboxylic acids is 1. The van der Waals surface area contributed by atoms with Gasteiger partial charge in [0.25, 0.3) is 0 Å². The van der Waals surface area contributed by atoms with E-state index in [0.717, 1.165) is 5.69 Å². The van der Waals surface area contributed by atoms with Gasteiger partial charge >= 0.3 is 5.97 Å². The van der Waals surface area contributed by atoms with Gasteiger partial charge < -0.3 is 14.2 Å². The van der Waals surface area contributed by atoms with Gasteiger partial charge in [0.1, 0.15) is 5.69 Å². The van der Waals surface area contributed by atoms with E-state index in [0.29, 0.717) is 11.7 Å². The Morgan fingerprint density at radius 2 is 2.25 bits per heavy atom. The molecule has 0 saturated carbocycles. The standard InChI is InChI=1S/C13H18N4O3/c1-8(2)13(3,12(18)19)5-10-15-11(16-20-10)9-6-14-7-17(9)4/h6-8H,5H2,1-4H3,(H,18,19). The first-order valence-corrected chi connectivity index (χ1v) is 6.37. The summed E-state index contributed by atoms with van der Waals surface area (Å²) in [6, 6.07) is 0. The van der Waals surface area contributed by atoms with E-state index in [4.69, 9.17) is 4.52 Å². The van der Waals surface area contributed by atoms with Crippen LogP contribution in [0.2, 0.25) is 0 Å². The van der Waals surface area contributed by atoms with Crippen molar-refractivity contribution in [2.24, 2.45) is 18.4 Å². The summed E-state index contributed by atoms with van der Waals surface area (Å²) < 4.78 is 6.95. The molecular weight excluding hydrogens is 260 g/mol. The number of imidazole rings is 1. The van der Waals surface area contributed by atoms with Gasteiger partial charge in [0.2, 0.25) is 11.7 Å². The Bertz CT molecular complexity index is 617. The summed E-state index contributed by atoms with van der Waals surface area (Å²) in [5, 5.41) is 13.3. The predicted octanol–water partition coefficient (Wildman–Crippen LogP) is 1.76. The topological polar surface area (TPSA) is 94.0 Å². The molecule has 2 rings (SSSR count). The highest BCUT2D eigenvalue weighted by atomic mass is 16.5. The maximum atomic E-state index is 11.5. The number of aryl methyl sites for hydroxylation is 1. The van der Waals surface area contributed by atoms with Crippen LogP contribution in [0.15, 0.2) is 17.0 Å². The summed E-state index contributed by atoms with van der Waals surface area (Å²) in [7, 11) is 1.83. The van der Waals surface area contributed by atoms with E-state index in [1.165, 1.54) is 0 Å². The maximum Gasteiger partial charge on any atom is 0.310 e. The third-order valence-corrected chi connectivity index (χ3v) is 3.80.